The van der Waals surface area contributed by atoms with Gasteiger partial charge in [0.15, 0.2) is 11.0 Å². The lowest BCUT2D eigenvalue weighted by Gasteiger charge is -2.11. The number of amides is 2. The quantitative estimate of drug-likeness (QED) is 0.899. The van der Waals surface area contributed by atoms with Gasteiger partial charge in [-0.25, -0.2) is 0 Å². The Labute approximate surface area is 137 Å². The third kappa shape index (κ3) is 3.91. The van der Waals surface area contributed by atoms with Crippen molar-refractivity contribution in [1.29, 1.82) is 0 Å². The van der Waals surface area contributed by atoms with Gasteiger partial charge in [0, 0.05) is 18.0 Å². The number of hydrogen-bond acceptors (Lipinski definition) is 4. The fourth-order valence-corrected chi connectivity index (χ4v) is 2.42. The van der Waals surface area contributed by atoms with Crippen molar-refractivity contribution >= 4 is 34.8 Å². The highest BCUT2D eigenvalue weighted by molar-refractivity contribution is 6.29. The summed E-state index contributed by atoms with van der Waals surface area (Å²) in [5, 5.41) is 5.62. The number of furan rings is 1. The van der Waals surface area contributed by atoms with Gasteiger partial charge in [0.25, 0.3) is 11.8 Å². The molecule has 3 rings (SSSR count). The van der Waals surface area contributed by atoms with Crippen LogP contribution in [0.4, 0.5) is 11.4 Å². The number of rotatable bonds is 4. The Hall–Kier alpha value is -2.31. The van der Waals surface area contributed by atoms with Crippen LogP contribution in [0.15, 0.2) is 40.8 Å². The molecule has 0 radical (unpaired) electrons. The van der Waals surface area contributed by atoms with Gasteiger partial charge in [-0.05, 0) is 60.8 Å². The molecule has 2 amide bonds. The van der Waals surface area contributed by atoms with Gasteiger partial charge in [-0.1, -0.05) is 0 Å². The molecule has 0 spiro atoms. The van der Waals surface area contributed by atoms with Crippen molar-refractivity contribution in [2.45, 2.75) is 18.9 Å². The van der Waals surface area contributed by atoms with Crippen LogP contribution in [0.3, 0.4) is 0 Å². The predicted octanol–water partition coefficient (Wildman–Crippen LogP) is 3.30. The summed E-state index contributed by atoms with van der Waals surface area (Å²) < 4.78 is 10.4. The summed E-state index contributed by atoms with van der Waals surface area (Å²) in [6.07, 6.45) is 1.27. The first-order valence-corrected chi connectivity index (χ1v) is 7.59. The molecule has 23 heavy (non-hydrogen) atoms. The molecule has 1 aliphatic rings. The third-order valence-corrected chi connectivity index (χ3v) is 3.63. The van der Waals surface area contributed by atoms with Crippen LogP contribution in [0.5, 0.6) is 0 Å². The maximum Gasteiger partial charge on any atom is 0.291 e. The Morgan fingerprint density at radius 2 is 1.74 bits per heavy atom. The van der Waals surface area contributed by atoms with Gasteiger partial charge in [0.1, 0.15) is 6.10 Å². The fourth-order valence-electron chi connectivity index (χ4n) is 2.27. The average Bonchev–Trinajstić information content (AvgIpc) is 3.20. The standard InChI is InChI=1S/C16H15ClN2O4/c17-14-8-7-13(23-14)16(21)19-11-5-3-10(4-6-11)18-15(20)12-2-1-9-22-12/h3-8,12H,1-2,9H2,(H,18,20)(H,19,21)/t12-/m0/s1. The summed E-state index contributed by atoms with van der Waals surface area (Å²) in [4.78, 5) is 23.8. The topological polar surface area (TPSA) is 80.6 Å². The Morgan fingerprint density at radius 1 is 1.04 bits per heavy atom. The zero-order chi connectivity index (χ0) is 16.2. The maximum absolute atomic E-state index is 11.9. The van der Waals surface area contributed by atoms with E-state index in [9.17, 15) is 9.59 Å². The minimum Gasteiger partial charge on any atom is -0.440 e. The average molecular weight is 335 g/mol. The van der Waals surface area contributed by atoms with E-state index in [4.69, 9.17) is 20.8 Å². The molecular formula is C16H15ClN2O4. The van der Waals surface area contributed by atoms with Crippen LogP contribution in [0, 0.1) is 0 Å². The smallest absolute Gasteiger partial charge is 0.291 e. The van der Waals surface area contributed by atoms with Gasteiger partial charge in [-0.3, -0.25) is 9.59 Å². The number of carbonyl (C=O) groups is 2. The number of hydrogen-bond donors (Lipinski definition) is 2. The van der Waals surface area contributed by atoms with Gasteiger partial charge in [0.2, 0.25) is 0 Å². The van der Waals surface area contributed by atoms with E-state index in [1.165, 1.54) is 12.1 Å². The van der Waals surface area contributed by atoms with E-state index < -0.39 is 5.91 Å². The molecule has 1 atom stereocenters. The second-order valence-corrected chi connectivity index (χ2v) is 5.50. The molecule has 1 aliphatic heterocycles. The lowest BCUT2D eigenvalue weighted by atomic mass is 10.2. The lowest BCUT2D eigenvalue weighted by molar-refractivity contribution is -0.124. The Balaban J connectivity index is 1.58. The molecule has 0 unspecified atom stereocenters. The molecule has 2 N–H and O–H groups in total. The first kappa shape index (κ1) is 15.6. The monoisotopic (exact) mass is 334 g/mol. The molecule has 2 aromatic rings. The zero-order valence-corrected chi connectivity index (χ0v) is 12.9. The minimum atomic E-state index is -0.395. The van der Waals surface area contributed by atoms with E-state index >= 15 is 0 Å². The first-order valence-electron chi connectivity index (χ1n) is 7.21. The van der Waals surface area contributed by atoms with Crippen molar-refractivity contribution in [3.8, 4) is 0 Å². The molecule has 1 aromatic heterocycles. The Kier molecular flexibility index (Phi) is 4.64. The number of benzene rings is 1. The summed E-state index contributed by atoms with van der Waals surface area (Å²) in [5.74, 6) is -0.414. The predicted molar refractivity (Wildman–Crippen MR) is 85.7 cm³/mol. The van der Waals surface area contributed by atoms with Gasteiger partial charge < -0.3 is 19.8 Å². The molecule has 120 valence electrons. The SMILES string of the molecule is O=C(Nc1ccc(NC(=O)[C@@H]2CCCO2)cc1)c1ccc(Cl)o1. The largest absolute Gasteiger partial charge is 0.440 e. The number of anilines is 2. The summed E-state index contributed by atoms with van der Waals surface area (Å²) in [7, 11) is 0. The second kappa shape index (κ2) is 6.85. The van der Waals surface area contributed by atoms with Crippen molar-refractivity contribution in [2.24, 2.45) is 0 Å². The fraction of sp³-hybridized carbons (Fsp3) is 0.250. The van der Waals surface area contributed by atoms with Crippen LogP contribution >= 0.6 is 11.6 Å². The third-order valence-electron chi connectivity index (χ3n) is 3.43. The molecule has 1 aromatic carbocycles. The molecule has 0 saturated carbocycles. The highest BCUT2D eigenvalue weighted by atomic mass is 35.5. The van der Waals surface area contributed by atoms with E-state index in [0.29, 0.717) is 18.0 Å². The normalized spacial score (nSPS) is 17.0. The van der Waals surface area contributed by atoms with Crippen molar-refractivity contribution < 1.29 is 18.7 Å². The van der Waals surface area contributed by atoms with E-state index in [1.807, 2.05) is 0 Å². The molecule has 6 nitrogen and oxygen atoms in total. The summed E-state index contributed by atoms with van der Waals surface area (Å²) in [5.41, 5.74) is 1.22. The van der Waals surface area contributed by atoms with E-state index in [2.05, 4.69) is 10.6 Å². The Morgan fingerprint density at radius 3 is 2.30 bits per heavy atom. The highest BCUT2D eigenvalue weighted by Gasteiger charge is 2.23. The van der Waals surface area contributed by atoms with E-state index in [0.717, 1.165) is 12.8 Å². The number of nitrogens with one attached hydrogen (secondary N) is 2. The zero-order valence-electron chi connectivity index (χ0n) is 12.2. The summed E-state index contributed by atoms with van der Waals surface area (Å²) >= 11 is 5.63. The molecular weight excluding hydrogens is 320 g/mol. The number of carbonyl (C=O) groups excluding carboxylic acids is 2. The first-order chi connectivity index (χ1) is 11.1. The Bertz CT molecular complexity index is 705. The van der Waals surface area contributed by atoms with Gasteiger partial charge >= 0.3 is 0 Å². The van der Waals surface area contributed by atoms with Crippen LogP contribution in [0.25, 0.3) is 0 Å². The van der Waals surface area contributed by atoms with Crippen LogP contribution in [0.2, 0.25) is 5.22 Å². The van der Waals surface area contributed by atoms with Gasteiger partial charge in [-0.15, -0.1) is 0 Å². The van der Waals surface area contributed by atoms with E-state index in [1.54, 1.807) is 24.3 Å². The molecule has 1 saturated heterocycles. The summed E-state index contributed by atoms with van der Waals surface area (Å²) in [6.45, 7) is 0.625. The maximum atomic E-state index is 11.9. The molecule has 0 aliphatic carbocycles. The van der Waals surface area contributed by atoms with Gasteiger partial charge in [-0.2, -0.15) is 0 Å². The minimum absolute atomic E-state index is 0.130. The molecule has 0 bridgehead atoms. The molecule has 7 heteroatoms. The van der Waals surface area contributed by atoms with Crippen LogP contribution in [-0.4, -0.2) is 24.5 Å². The van der Waals surface area contributed by atoms with Crippen molar-refractivity contribution in [3.63, 3.8) is 0 Å². The summed E-state index contributed by atoms with van der Waals surface area (Å²) in [6, 6.07) is 9.78. The van der Waals surface area contributed by atoms with Crippen LogP contribution in [-0.2, 0) is 9.53 Å². The van der Waals surface area contributed by atoms with Crippen molar-refractivity contribution in [3.05, 3.63) is 47.4 Å². The second-order valence-electron chi connectivity index (χ2n) is 5.13. The highest BCUT2D eigenvalue weighted by Crippen LogP contribution is 2.19. The number of halogens is 1. The van der Waals surface area contributed by atoms with Crippen molar-refractivity contribution in [1.82, 2.24) is 0 Å². The van der Waals surface area contributed by atoms with Crippen LogP contribution in [0.1, 0.15) is 23.4 Å². The van der Waals surface area contributed by atoms with Crippen molar-refractivity contribution in [2.75, 3.05) is 17.2 Å². The van der Waals surface area contributed by atoms with E-state index in [-0.39, 0.29) is 23.0 Å². The number of ether oxygens (including phenoxy) is 1. The van der Waals surface area contributed by atoms with Gasteiger partial charge in [0.05, 0.1) is 0 Å². The molecule has 1 fully saturated rings. The lowest BCUT2D eigenvalue weighted by Crippen LogP contribution is -2.26. The molecule has 2 heterocycles. The van der Waals surface area contributed by atoms with Crippen LogP contribution < -0.4 is 10.6 Å².